The van der Waals surface area contributed by atoms with Crippen molar-refractivity contribution in [2.45, 2.75) is 17.9 Å². The number of sulfone groups is 1. The molecular weight excluding hydrogens is 486 g/mol. The lowest BCUT2D eigenvalue weighted by Gasteiger charge is -2.19. The number of nitrogens with zero attached hydrogens (tertiary/aromatic N) is 1. The molecule has 0 atom stereocenters. The zero-order valence-corrected chi connectivity index (χ0v) is 20.6. The molecule has 0 bridgehead atoms. The van der Waals surface area contributed by atoms with Crippen LogP contribution in [0.5, 0.6) is 17.2 Å². The number of carbonyl (C=O) groups excluding carboxylic acids is 1. The summed E-state index contributed by atoms with van der Waals surface area (Å²) in [4.78, 5) is 25.0. The Morgan fingerprint density at radius 2 is 1.78 bits per heavy atom. The van der Waals surface area contributed by atoms with Crippen molar-refractivity contribution < 1.29 is 37.3 Å². The highest BCUT2D eigenvalue weighted by molar-refractivity contribution is 7.90. The first kappa shape index (κ1) is 25.1. The Bertz CT molecular complexity index is 1420. The van der Waals surface area contributed by atoms with Gasteiger partial charge in [-0.25, -0.2) is 13.2 Å². The quantitative estimate of drug-likeness (QED) is 0.455. The first-order valence-corrected chi connectivity index (χ1v) is 12.9. The van der Waals surface area contributed by atoms with Gasteiger partial charge in [-0.2, -0.15) is 0 Å². The van der Waals surface area contributed by atoms with E-state index in [9.17, 15) is 18.0 Å². The summed E-state index contributed by atoms with van der Waals surface area (Å²) in [6.07, 6.45) is 0.536. The van der Waals surface area contributed by atoms with Crippen molar-refractivity contribution in [3.05, 3.63) is 71.8 Å². The molecule has 36 heavy (non-hydrogen) atoms. The van der Waals surface area contributed by atoms with Crippen molar-refractivity contribution in [2.75, 3.05) is 26.5 Å². The smallest absolute Gasteiger partial charge is 0.410 e. The van der Waals surface area contributed by atoms with Gasteiger partial charge in [0.15, 0.2) is 21.3 Å². The maximum Gasteiger partial charge on any atom is 0.410 e. The molecule has 1 heterocycles. The van der Waals surface area contributed by atoms with Crippen molar-refractivity contribution in [2.24, 2.45) is 0 Å². The number of benzene rings is 3. The molecule has 1 saturated heterocycles. The Morgan fingerprint density at radius 1 is 1.03 bits per heavy atom. The minimum atomic E-state index is -3.39. The van der Waals surface area contributed by atoms with Crippen molar-refractivity contribution in [3.63, 3.8) is 0 Å². The van der Waals surface area contributed by atoms with Gasteiger partial charge in [-0.3, -0.25) is 4.79 Å². The summed E-state index contributed by atoms with van der Waals surface area (Å²) in [6.45, 7) is 0.907. The van der Waals surface area contributed by atoms with E-state index in [1.165, 1.54) is 18.1 Å². The van der Waals surface area contributed by atoms with Crippen LogP contribution in [0.4, 0.5) is 4.79 Å². The minimum absolute atomic E-state index is 0.178. The normalized spacial score (nSPS) is 13.4. The molecule has 188 valence electrons. The second-order valence-electron chi connectivity index (χ2n) is 8.32. The molecule has 1 N–H and O–H groups in total. The van der Waals surface area contributed by atoms with Gasteiger partial charge in [-0.05, 0) is 53.1 Å². The zero-order chi connectivity index (χ0) is 25.9. The SMILES string of the molecule is COc1ccc(CC(=O)O)cc1Oc1ccc(-c2cccc(S(C)(=O)=O)c2)cc1CN1CCOC1=O. The summed E-state index contributed by atoms with van der Waals surface area (Å²) in [6, 6.07) is 16.8. The van der Waals surface area contributed by atoms with Crippen molar-refractivity contribution in [1.29, 1.82) is 0 Å². The van der Waals surface area contributed by atoms with E-state index in [0.29, 0.717) is 40.5 Å². The van der Waals surface area contributed by atoms with Gasteiger partial charge >= 0.3 is 12.1 Å². The number of carboxylic acids is 1. The van der Waals surface area contributed by atoms with E-state index in [4.69, 9.17) is 19.3 Å². The molecule has 0 aromatic heterocycles. The van der Waals surface area contributed by atoms with Crippen molar-refractivity contribution in [3.8, 4) is 28.4 Å². The monoisotopic (exact) mass is 511 g/mol. The van der Waals surface area contributed by atoms with Crippen molar-refractivity contribution >= 4 is 21.9 Å². The third-order valence-electron chi connectivity index (χ3n) is 5.67. The van der Waals surface area contributed by atoms with Gasteiger partial charge in [0.1, 0.15) is 12.4 Å². The minimum Gasteiger partial charge on any atom is -0.493 e. The van der Waals surface area contributed by atoms with E-state index >= 15 is 0 Å². The summed E-state index contributed by atoms with van der Waals surface area (Å²) >= 11 is 0. The summed E-state index contributed by atoms with van der Waals surface area (Å²) in [5.41, 5.74) is 2.62. The zero-order valence-electron chi connectivity index (χ0n) is 19.8. The molecule has 3 aromatic carbocycles. The highest BCUT2D eigenvalue weighted by atomic mass is 32.2. The third kappa shape index (κ3) is 5.77. The predicted molar refractivity (Wildman–Crippen MR) is 131 cm³/mol. The summed E-state index contributed by atoms with van der Waals surface area (Å²) in [5, 5.41) is 9.15. The van der Waals surface area contributed by atoms with Crippen LogP contribution in [0.2, 0.25) is 0 Å². The Morgan fingerprint density at radius 3 is 2.44 bits per heavy atom. The number of ether oxygens (including phenoxy) is 3. The lowest BCUT2D eigenvalue weighted by molar-refractivity contribution is -0.136. The van der Waals surface area contributed by atoms with Crippen LogP contribution in [0.25, 0.3) is 11.1 Å². The molecule has 0 saturated carbocycles. The van der Waals surface area contributed by atoms with Crippen molar-refractivity contribution in [1.82, 2.24) is 4.90 Å². The third-order valence-corrected chi connectivity index (χ3v) is 6.78. The average Bonchev–Trinajstić information content (AvgIpc) is 3.23. The van der Waals surface area contributed by atoms with Crippen LogP contribution in [0.15, 0.2) is 65.6 Å². The standard InChI is InChI=1S/C26H25NO8S/c1-33-23-8-6-17(13-25(28)29)12-24(23)35-22-9-7-19(14-20(22)16-27-10-11-34-26(27)30)18-4-3-5-21(15-18)36(2,31)32/h3-9,12,14-15H,10-11,13,16H2,1-2H3,(H,28,29). The Hall–Kier alpha value is -4.05. The van der Waals surface area contributed by atoms with E-state index in [0.717, 1.165) is 11.8 Å². The van der Waals surface area contributed by atoms with E-state index in [2.05, 4.69) is 0 Å². The number of carboxylic acid groups (broad SMARTS) is 1. The van der Waals surface area contributed by atoms with Crippen LogP contribution >= 0.6 is 0 Å². The van der Waals surface area contributed by atoms with E-state index in [1.807, 2.05) is 6.07 Å². The van der Waals surface area contributed by atoms with Gasteiger partial charge in [0.2, 0.25) is 0 Å². The summed E-state index contributed by atoms with van der Waals surface area (Å²) < 4.78 is 40.7. The molecule has 0 aliphatic carbocycles. The van der Waals surface area contributed by atoms with Gasteiger partial charge in [-0.15, -0.1) is 0 Å². The Labute approximate surface area is 208 Å². The number of amides is 1. The topological polar surface area (TPSA) is 119 Å². The molecule has 0 spiro atoms. The van der Waals surface area contributed by atoms with Crippen LogP contribution < -0.4 is 9.47 Å². The molecule has 0 radical (unpaired) electrons. The maximum atomic E-state index is 12.1. The van der Waals surface area contributed by atoms with Crippen LogP contribution in [0.1, 0.15) is 11.1 Å². The second kappa shape index (κ2) is 10.3. The van der Waals surface area contributed by atoms with Gasteiger partial charge in [-0.1, -0.05) is 24.3 Å². The van der Waals surface area contributed by atoms with Gasteiger partial charge < -0.3 is 24.2 Å². The summed E-state index contributed by atoms with van der Waals surface area (Å²) in [5.74, 6) is 0.206. The lowest BCUT2D eigenvalue weighted by Crippen LogP contribution is -2.23. The van der Waals surface area contributed by atoms with E-state index < -0.39 is 21.9 Å². The number of hydrogen-bond acceptors (Lipinski definition) is 7. The highest BCUT2D eigenvalue weighted by Crippen LogP contribution is 2.37. The highest BCUT2D eigenvalue weighted by Gasteiger charge is 2.24. The number of methoxy groups -OCH3 is 1. The molecule has 0 unspecified atom stereocenters. The van der Waals surface area contributed by atoms with E-state index in [1.54, 1.807) is 48.5 Å². The van der Waals surface area contributed by atoms with Gasteiger partial charge in [0, 0.05) is 11.8 Å². The molecule has 10 heteroatoms. The largest absolute Gasteiger partial charge is 0.493 e. The molecular formula is C26H25NO8S. The van der Waals surface area contributed by atoms with Gasteiger partial charge in [0.05, 0.1) is 31.5 Å². The second-order valence-corrected chi connectivity index (χ2v) is 10.3. The molecule has 1 aliphatic heterocycles. The molecule has 1 fully saturated rings. The number of aliphatic carboxylic acids is 1. The lowest BCUT2D eigenvalue weighted by atomic mass is 10.0. The Kier molecular flexibility index (Phi) is 7.16. The number of carbonyl (C=O) groups is 2. The number of hydrogen-bond donors (Lipinski definition) is 1. The van der Waals surface area contributed by atoms with Crippen LogP contribution in [-0.4, -0.2) is 57.0 Å². The fourth-order valence-corrected chi connectivity index (χ4v) is 4.53. The molecule has 1 aliphatic rings. The number of cyclic esters (lactones) is 1. The average molecular weight is 512 g/mol. The fourth-order valence-electron chi connectivity index (χ4n) is 3.87. The van der Waals surface area contributed by atoms with Crippen LogP contribution in [0, 0.1) is 0 Å². The van der Waals surface area contributed by atoms with Gasteiger partial charge in [0.25, 0.3) is 0 Å². The molecule has 4 rings (SSSR count). The van der Waals surface area contributed by atoms with Crippen LogP contribution in [-0.2, 0) is 32.3 Å². The Balaban J connectivity index is 1.75. The fraction of sp³-hybridized carbons (Fsp3) is 0.231. The molecule has 3 aromatic rings. The van der Waals surface area contributed by atoms with Crippen LogP contribution in [0.3, 0.4) is 0 Å². The first-order chi connectivity index (χ1) is 17.1. The molecule has 1 amide bonds. The first-order valence-electron chi connectivity index (χ1n) is 11.1. The number of rotatable bonds is 9. The molecule has 9 nitrogen and oxygen atoms in total. The maximum absolute atomic E-state index is 12.1. The summed E-state index contributed by atoms with van der Waals surface area (Å²) in [7, 11) is -1.90. The van der Waals surface area contributed by atoms with E-state index in [-0.39, 0.29) is 24.5 Å². The predicted octanol–water partition coefficient (Wildman–Crippen LogP) is 4.14.